The Morgan fingerprint density at radius 2 is 2.24 bits per heavy atom. The molecule has 0 bridgehead atoms. The quantitative estimate of drug-likeness (QED) is 0.575. The molecule has 1 aromatic heterocycles. The van der Waals surface area contributed by atoms with Crippen LogP contribution in [-0.4, -0.2) is 16.9 Å². The first kappa shape index (κ1) is 15.8. The number of rotatable bonds is 5. The van der Waals surface area contributed by atoms with Crippen LogP contribution in [0.2, 0.25) is 0 Å². The molecule has 1 amide bonds. The van der Waals surface area contributed by atoms with E-state index < -0.39 is 0 Å². The zero-order valence-electron chi connectivity index (χ0n) is 13.0. The minimum absolute atomic E-state index is 0.0228. The second-order valence-corrected chi connectivity index (χ2v) is 6.07. The average Bonchev–Trinajstić information content (AvgIpc) is 2.47. The Morgan fingerprint density at radius 1 is 1.43 bits per heavy atom. The van der Waals surface area contributed by atoms with Gasteiger partial charge in [-0.2, -0.15) is 0 Å². The Morgan fingerprint density at radius 3 is 2.90 bits per heavy atom. The maximum Gasteiger partial charge on any atom is 0.251 e. The molecule has 0 spiro atoms. The van der Waals surface area contributed by atoms with Gasteiger partial charge in [0.05, 0.1) is 0 Å². The predicted octanol–water partition coefficient (Wildman–Crippen LogP) is 2.63. The van der Waals surface area contributed by atoms with E-state index in [9.17, 15) is 4.79 Å². The number of amides is 1. The summed E-state index contributed by atoms with van der Waals surface area (Å²) in [6.45, 7) is 4.34. The van der Waals surface area contributed by atoms with E-state index in [-0.39, 0.29) is 5.91 Å². The van der Waals surface area contributed by atoms with Crippen molar-refractivity contribution in [3.63, 3.8) is 0 Å². The number of nitrogens with zero attached hydrogens (tertiary/aromatic N) is 1. The Hall–Kier alpha value is -1.62. The zero-order chi connectivity index (χ0) is 15.2. The van der Waals surface area contributed by atoms with E-state index >= 15 is 0 Å². The van der Waals surface area contributed by atoms with Gasteiger partial charge in [0.2, 0.25) is 0 Å². The smallest absolute Gasteiger partial charge is 0.251 e. The van der Waals surface area contributed by atoms with Gasteiger partial charge in [-0.15, -0.1) is 0 Å². The lowest BCUT2D eigenvalue weighted by Gasteiger charge is -2.27. The van der Waals surface area contributed by atoms with E-state index in [2.05, 4.69) is 29.6 Å². The number of pyridine rings is 1. The Bertz CT molecular complexity index is 489. The van der Waals surface area contributed by atoms with Crippen LogP contribution in [0.25, 0.3) is 0 Å². The number of carbonyl (C=O) groups excluding carboxylic acids is 1. The van der Waals surface area contributed by atoms with Crippen molar-refractivity contribution < 1.29 is 4.79 Å². The highest BCUT2D eigenvalue weighted by molar-refractivity contribution is 5.95. The summed E-state index contributed by atoms with van der Waals surface area (Å²) in [5, 5.41) is 3.15. The van der Waals surface area contributed by atoms with Gasteiger partial charge in [0.1, 0.15) is 5.82 Å². The molecule has 0 aromatic carbocycles. The third-order valence-corrected chi connectivity index (χ3v) is 4.07. The minimum atomic E-state index is -0.0228. The second-order valence-electron chi connectivity index (χ2n) is 6.07. The van der Waals surface area contributed by atoms with Crippen LogP contribution in [0.3, 0.4) is 0 Å². The molecule has 1 aromatic rings. The van der Waals surface area contributed by atoms with Crippen LogP contribution in [0.15, 0.2) is 12.1 Å². The first-order valence-electron chi connectivity index (χ1n) is 7.90. The van der Waals surface area contributed by atoms with Crippen molar-refractivity contribution in [2.75, 3.05) is 5.43 Å². The summed E-state index contributed by atoms with van der Waals surface area (Å²) in [6.07, 6.45) is 6.44. The summed E-state index contributed by atoms with van der Waals surface area (Å²) in [4.78, 5) is 16.8. The molecule has 2 unspecified atom stereocenters. The number of nitrogen functional groups attached to an aromatic ring is 1. The molecular weight excluding hydrogens is 264 g/mol. The molecule has 1 aliphatic carbocycles. The fourth-order valence-corrected chi connectivity index (χ4v) is 3.01. The van der Waals surface area contributed by atoms with E-state index in [1.807, 2.05) is 6.07 Å². The molecule has 1 heterocycles. The predicted molar refractivity (Wildman–Crippen MR) is 84.9 cm³/mol. The summed E-state index contributed by atoms with van der Waals surface area (Å²) < 4.78 is 0. The molecule has 116 valence electrons. The highest BCUT2D eigenvalue weighted by atomic mass is 16.1. The van der Waals surface area contributed by atoms with Crippen molar-refractivity contribution in [2.45, 2.75) is 58.4 Å². The number of hydrogen-bond donors (Lipinski definition) is 3. The van der Waals surface area contributed by atoms with Gasteiger partial charge >= 0.3 is 0 Å². The number of nitrogens with one attached hydrogen (secondary N) is 2. The lowest BCUT2D eigenvalue weighted by molar-refractivity contribution is 0.0921. The van der Waals surface area contributed by atoms with Crippen molar-refractivity contribution in [1.29, 1.82) is 0 Å². The van der Waals surface area contributed by atoms with E-state index in [0.717, 1.165) is 31.4 Å². The van der Waals surface area contributed by atoms with Crippen molar-refractivity contribution in [2.24, 2.45) is 11.8 Å². The van der Waals surface area contributed by atoms with Gasteiger partial charge in [0, 0.05) is 17.3 Å². The van der Waals surface area contributed by atoms with Crippen LogP contribution in [0.5, 0.6) is 0 Å². The molecule has 4 N–H and O–H groups in total. The number of aryl methyl sites for hydroxylation is 1. The Balaban J connectivity index is 2.08. The van der Waals surface area contributed by atoms with Gasteiger partial charge in [0.25, 0.3) is 5.91 Å². The standard InChI is InChI=1S/C16H26N4O/c1-3-5-13-9-12(10-15(18-13)20-17)16(21)19-14-7-4-6-11(2)8-14/h9-11,14H,3-8,17H2,1-2H3,(H,18,20)(H,19,21). The molecule has 1 saturated carbocycles. The molecule has 0 aliphatic heterocycles. The van der Waals surface area contributed by atoms with Gasteiger partial charge in [-0.1, -0.05) is 33.1 Å². The second kappa shape index (κ2) is 7.41. The van der Waals surface area contributed by atoms with Crippen molar-refractivity contribution in [1.82, 2.24) is 10.3 Å². The first-order valence-corrected chi connectivity index (χ1v) is 7.90. The summed E-state index contributed by atoms with van der Waals surface area (Å²) in [6, 6.07) is 3.87. The lowest BCUT2D eigenvalue weighted by atomic mass is 9.87. The maximum absolute atomic E-state index is 12.4. The maximum atomic E-state index is 12.4. The van der Waals surface area contributed by atoms with E-state index in [1.165, 1.54) is 12.8 Å². The topological polar surface area (TPSA) is 80.0 Å². The van der Waals surface area contributed by atoms with Crippen molar-refractivity contribution in [3.05, 3.63) is 23.4 Å². The molecule has 0 saturated heterocycles. The van der Waals surface area contributed by atoms with Gasteiger partial charge in [0.15, 0.2) is 0 Å². The van der Waals surface area contributed by atoms with Crippen molar-refractivity contribution in [3.8, 4) is 0 Å². The molecular formula is C16H26N4O. The number of hydrazine groups is 1. The molecule has 2 rings (SSSR count). The number of anilines is 1. The van der Waals surface area contributed by atoms with Crippen LogP contribution < -0.4 is 16.6 Å². The highest BCUT2D eigenvalue weighted by Crippen LogP contribution is 2.24. The molecule has 2 atom stereocenters. The molecule has 21 heavy (non-hydrogen) atoms. The lowest BCUT2D eigenvalue weighted by Crippen LogP contribution is -2.38. The number of aromatic nitrogens is 1. The summed E-state index contributed by atoms with van der Waals surface area (Å²) in [7, 11) is 0. The average molecular weight is 290 g/mol. The summed E-state index contributed by atoms with van der Waals surface area (Å²) in [5.74, 6) is 6.66. The van der Waals surface area contributed by atoms with E-state index in [4.69, 9.17) is 5.84 Å². The van der Waals surface area contributed by atoms with Crippen LogP contribution in [0.1, 0.15) is 62.0 Å². The Kier molecular flexibility index (Phi) is 5.56. The molecule has 5 nitrogen and oxygen atoms in total. The van der Waals surface area contributed by atoms with Gasteiger partial charge < -0.3 is 10.7 Å². The van der Waals surface area contributed by atoms with Gasteiger partial charge in [-0.25, -0.2) is 10.8 Å². The van der Waals surface area contributed by atoms with Crippen LogP contribution in [0, 0.1) is 5.92 Å². The summed E-state index contributed by atoms with van der Waals surface area (Å²) >= 11 is 0. The molecule has 1 aliphatic rings. The van der Waals surface area contributed by atoms with Gasteiger partial charge in [-0.05, 0) is 37.3 Å². The number of nitrogens with two attached hydrogens (primary N) is 1. The molecule has 5 heteroatoms. The van der Waals surface area contributed by atoms with Crippen molar-refractivity contribution >= 4 is 11.7 Å². The van der Waals surface area contributed by atoms with E-state index in [1.54, 1.807) is 6.07 Å². The Labute approximate surface area is 126 Å². The first-order chi connectivity index (χ1) is 10.1. The minimum Gasteiger partial charge on any atom is -0.349 e. The van der Waals surface area contributed by atoms with Gasteiger partial charge in [-0.3, -0.25) is 4.79 Å². The zero-order valence-corrected chi connectivity index (χ0v) is 13.0. The monoisotopic (exact) mass is 290 g/mol. The van der Waals surface area contributed by atoms with Crippen LogP contribution >= 0.6 is 0 Å². The molecule has 0 radical (unpaired) electrons. The van der Waals surface area contributed by atoms with Crippen LogP contribution in [-0.2, 0) is 6.42 Å². The molecule has 1 fully saturated rings. The third-order valence-electron chi connectivity index (χ3n) is 4.07. The third kappa shape index (κ3) is 4.43. The highest BCUT2D eigenvalue weighted by Gasteiger charge is 2.21. The number of carbonyl (C=O) groups is 1. The summed E-state index contributed by atoms with van der Waals surface area (Å²) in [5.41, 5.74) is 4.08. The fourth-order valence-electron chi connectivity index (χ4n) is 3.01. The largest absolute Gasteiger partial charge is 0.349 e. The van der Waals surface area contributed by atoms with E-state index in [0.29, 0.717) is 23.3 Å². The normalized spacial score (nSPS) is 21.9. The number of hydrogen-bond acceptors (Lipinski definition) is 4. The fraction of sp³-hybridized carbons (Fsp3) is 0.625. The SMILES string of the molecule is CCCc1cc(C(=O)NC2CCCC(C)C2)cc(NN)n1. The van der Waals surface area contributed by atoms with Crippen LogP contribution in [0.4, 0.5) is 5.82 Å².